The number of nitrogens with zero attached hydrogens (tertiary/aromatic N) is 1. The molecule has 1 fully saturated rings. The molecule has 9 nitrogen and oxygen atoms in total. The minimum atomic E-state index is -0.860. The highest BCUT2D eigenvalue weighted by atomic mass is 16.6. The van der Waals surface area contributed by atoms with E-state index < -0.39 is 17.7 Å². The van der Waals surface area contributed by atoms with Crippen LogP contribution in [0.5, 0.6) is 23.0 Å². The van der Waals surface area contributed by atoms with Crippen molar-refractivity contribution in [2.75, 3.05) is 46.7 Å². The number of fused-ring (bicyclic) bond motifs is 1. The smallest absolute Gasteiger partial charge is 0.295 e. The molecular formula is C27H29NO8. The third-order valence-electron chi connectivity index (χ3n) is 5.83. The molecule has 0 aliphatic carbocycles. The zero-order chi connectivity index (χ0) is 25.7. The van der Waals surface area contributed by atoms with Crippen molar-refractivity contribution in [3.05, 3.63) is 65.8 Å². The maximum absolute atomic E-state index is 13.2. The van der Waals surface area contributed by atoms with Gasteiger partial charge in [-0.2, -0.15) is 0 Å². The van der Waals surface area contributed by atoms with Crippen molar-refractivity contribution in [1.82, 2.24) is 4.90 Å². The molecule has 0 spiro atoms. The highest BCUT2D eigenvalue weighted by molar-refractivity contribution is 6.46. The summed E-state index contributed by atoms with van der Waals surface area (Å²) in [4.78, 5) is 27.7. The summed E-state index contributed by atoms with van der Waals surface area (Å²) in [6.45, 7) is 7.35. The van der Waals surface area contributed by atoms with Gasteiger partial charge < -0.3 is 33.7 Å². The van der Waals surface area contributed by atoms with Crippen LogP contribution >= 0.6 is 0 Å². The summed E-state index contributed by atoms with van der Waals surface area (Å²) >= 11 is 0. The largest absolute Gasteiger partial charge is 0.507 e. The van der Waals surface area contributed by atoms with Crippen LogP contribution in [0.1, 0.15) is 24.1 Å². The number of benzene rings is 2. The van der Waals surface area contributed by atoms with Gasteiger partial charge in [0.15, 0.2) is 23.0 Å². The van der Waals surface area contributed by atoms with E-state index in [0.29, 0.717) is 53.9 Å². The summed E-state index contributed by atoms with van der Waals surface area (Å²) in [5.41, 5.74) is 0.888. The van der Waals surface area contributed by atoms with Gasteiger partial charge in [0.25, 0.3) is 11.7 Å². The quantitative estimate of drug-likeness (QED) is 0.231. The van der Waals surface area contributed by atoms with Gasteiger partial charge in [-0.15, -0.1) is 0 Å². The lowest BCUT2D eigenvalue weighted by atomic mass is 9.94. The van der Waals surface area contributed by atoms with E-state index in [-0.39, 0.29) is 31.1 Å². The van der Waals surface area contributed by atoms with E-state index >= 15 is 0 Å². The van der Waals surface area contributed by atoms with Crippen molar-refractivity contribution in [3.63, 3.8) is 0 Å². The van der Waals surface area contributed by atoms with Crippen molar-refractivity contribution >= 4 is 17.4 Å². The first-order chi connectivity index (χ1) is 17.5. The molecule has 190 valence electrons. The molecule has 0 saturated carbocycles. The van der Waals surface area contributed by atoms with Crippen molar-refractivity contribution in [1.29, 1.82) is 0 Å². The average Bonchev–Trinajstić information content (AvgIpc) is 3.15. The van der Waals surface area contributed by atoms with Gasteiger partial charge in [0.1, 0.15) is 25.6 Å². The molecule has 1 N–H and O–H groups in total. The highest BCUT2D eigenvalue weighted by Gasteiger charge is 2.46. The van der Waals surface area contributed by atoms with Crippen molar-refractivity contribution in [3.8, 4) is 23.0 Å². The second kappa shape index (κ2) is 11.2. The molecule has 2 aliphatic rings. The fourth-order valence-electron chi connectivity index (χ4n) is 4.22. The Hall–Kier alpha value is -3.98. The molecule has 2 heterocycles. The van der Waals surface area contributed by atoms with Crippen LogP contribution in [0.4, 0.5) is 0 Å². The van der Waals surface area contributed by atoms with Crippen LogP contribution in [0.2, 0.25) is 0 Å². The number of hydrogen-bond donors (Lipinski definition) is 1. The number of ether oxygens (including phenoxy) is 5. The van der Waals surface area contributed by atoms with Crippen LogP contribution in [0.15, 0.2) is 54.6 Å². The van der Waals surface area contributed by atoms with E-state index in [1.54, 1.807) is 42.5 Å². The molecule has 2 aromatic rings. The SMILES string of the molecule is C=CCOc1ccc(C2C(=C(O)c3ccc4c(c3)OCCO4)C(=O)C(=O)N2CCOC)cc1OCC. The molecule has 2 aromatic carbocycles. The number of aliphatic hydroxyl groups is 1. The van der Waals surface area contributed by atoms with Crippen molar-refractivity contribution < 1.29 is 38.4 Å². The summed E-state index contributed by atoms with van der Waals surface area (Å²) in [6.07, 6.45) is 1.62. The Morgan fingerprint density at radius 1 is 1.11 bits per heavy atom. The zero-order valence-corrected chi connectivity index (χ0v) is 20.3. The van der Waals surface area contributed by atoms with Gasteiger partial charge in [0.05, 0.1) is 24.8 Å². The van der Waals surface area contributed by atoms with Crippen molar-refractivity contribution in [2.45, 2.75) is 13.0 Å². The van der Waals surface area contributed by atoms with E-state index in [1.807, 2.05) is 6.92 Å². The van der Waals surface area contributed by atoms with Gasteiger partial charge in [-0.3, -0.25) is 9.59 Å². The topological polar surface area (TPSA) is 104 Å². The van der Waals surface area contributed by atoms with Gasteiger partial charge >= 0.3 is 0 Å². The Morgan fingerprint density at radius 2 is 1.89 bits per heavy atom. The number of ketones is 1. The van der Waals surface area contributed by atoms with Gasteiger partial charge in [0.2, 0.25) is 0 Å². The number of rotatable bonds is 10. The van der Waals surface area contributed by atoms with Crippen molar-refractivity contribution in [2.24, 2.45) is 0 Å². The summed E-state index contributed by atoms with van der Waals surface area (Å²) in [7, 11) is 1.51. The molecule has 1 amide bonds. The number of carbonyl (C=O) groups excluding carboxylic acids is 2. The van der Waals surface area contributed by atoms with Gasteiger partial charge in [-0.1, -0.05) is 18.7 Å². The normalized spacial score (nSPS) is 18.3. The number of carbonyl (C=O) groups is 2. The highest BCUT2D eigenvalue weighted by Crippen LogP contribution is 2.43. The summed E-state index contributed by atoms with van der Waals surface area (Å²) in [5.74, 6) is 0.147. The third kappa shape index (κ3) is 4.87. The van der Waals surface area contributed by atoms with E-state index in [0.717, 1.165) is 0 Å². The molecule has 2 aliphatic heterocycles. The molecule has 0 radical (unpaired) electrons. The van der Waals surface area contributed by atoms with Crippen LogP contribution in [0, 0.1) is 0 Å². The third-order valence-corrected chi connectivity index (χ3v) is 5.83. The van der Waals surface area contributed by atoms with Crippen LogP contribution in [-0.4, -0.2) is 68.4 Å². The molecule has 1 saturated heterocycles. The minimum absolute atomic E-state index is 0.0324. The Kier molecular flexibility index (Phi) is 7.80. The second-order valence-electron chi connectivity index (χ2n) is 8.08. The molecule has 9 heteroatoms. The lowest BCUT2D eigenvalue weighted by molar-refractivity contribution is -0.140. The predicted octanol–water partition coefficient (Wildman–Crippen LogP) is 3.49. The van der Waals surface area contributed by atoms with Crippen LogP contribution in [-0.2, 0) is 14.3 Å². The lowest BCUT2D eigenvalue weighted by Gasteiger charge is -2.26. The second-order valence-corrected chi connectivity index (χ2v) is 8.08. The predicted molar refractivity (Wildman–Crippen MR) is 132 cm³/mol. The fraction of sp³-hybridized carbons (Fsp3) is 0.333. The molecule has 0 bridgehead atoms. The van der Waals surface area contributed by atoms with Gasteiger partial charge in [-0.05, 0) is 42.8 Å². The maximum atomic E-state index is 13.2. The first-order valence-corrected chi connectivity index (χ1v) is 11.7. The van der Waals surface area contributed by atoms with Gasteiger partial charge in [0, 0.05) is 19.2 Å². The fourth-order valence-corrected chi connectivity index (χ4v) is 4.22. The Balaban J connectivity index is 1.83. The maximum Gasteiger partial charge on any atom is 0.295 e. The van der Waals surface area contributed by atoms with Crippen LogP contribution < -0.4 is 18.9 Å². The molecule has 1 atom stereocenters. The number of methoxy groups -OCH3 is 1. The van der Waals surface area contributed by atoms with E-state index in [2.05, 4.69) is 6.58 Å². The van der Waals surface area contributed by atoms with E-state index in [1.165, 1.54) is 12.0 Å². The number of amides is 1. The minimum Gasteiger partial charge on any atom is -0.507 e. The number of hydrogen-bond acceptors (Lipinski definition) is 8. The first-order valence-electron chi connectivity index (χ1n) is 11.7. The molecule has 1 unspecified atom stereocenters. The number of likely N-dealkylation sites (tertiary alicyclic amines) is 1. The molecule has 36 heavy (non-hydrogen) atoms. The molecule has 4 rings (SSSR count). The summed E-state index contributed by atoms with van der Waals surface area (Å²) in [5, 5.41) is 11.3. The Bertz CT molecular complexity index is 1190. The monoisotopic (exact) mass is 495 g/mol. The lowest BCUT2D eigenvalue weighted by Crippen LogP contribution is -2.32. The Morgan fingerprint density at radius 3 is 2.61 bits per heavy atom. The van der Waals surface area contributed by atoms with Crippen LogP contribution in [0.3, 0.4) is 0 Å². The molecular weight excluding hydrogens is 466 g/mol. The van der Waals surface area contributed by atoms with E-state index in [9.17, 15) is 14.7 Å². The standard InChI is InChI=1S/C27H29NO8/c1-4-11-34-19-8-6-17(15-21(19)33-5-2)24-23(26(30)27(31)28(24)10-12-32-3)25(29)18-7-9-20-22(16-18)36-14-13-35-20/h4,6-9,15-16,24,29H,1,5,10-14H2,2-3H3. The first kappa shape index (κ1) is 25.1. The Labute approximate surface area is 209 Å². The number of Topliss-reactive ketones (excluding diaryl/α,β-unsaturated/α-hetero) is 1. The van der Waals surface area contributed by atoms with Crippen LogP contribution in [0.25, 0.3) is 5.76 Å². The van der Waals surface area contributed by atoms with Gasteiger partial charge in [-0.25, -0.2) is 0 Å². The summed E-state index contributed by atoms with van der Waals surface area (Å²) < 4.78 is 27.8. The van der Waals surface area contributed by atoms with E-state index in [4.69, 9.17) is 23.7 Å². The number of aliphatic hydroxyl groups excluding tert-OH is 1. The summed E-state index contributed by atoms with van der Waals surface area (Å²) in [6, 6.07) is 9.20. The zero-order valence-electron chi connectivity index (χ0n) is 20.3. The molecule has 0 aromatic heterocycles. The average molecular weight is 496 g/mol.